The van der Waals surface area contributed by atoms with Crippen LogP contribution in [0.3, 0.4) is 0 Å². The summed E-state index contributed by atoms with van der Waals surface area (Å²) in [6.45, 7) is 8.37. The van der Waals surface area contributed by atoms with Gasteiger partial charge in [-0.05, 0) is 11.3 Å². The molecular weight excluding hydrogens is 254 g/mol. The molecule has 0 saturated heterocycles. The van der Waals surface area contributed by atoms with E-state index in [1.807, 2.05) is 27.7 Å². The molecule has 1 N–H and O–H groups in total. The number of nitrogens with zero attached hydrogens (tertiary/aromatic N) is 1. The molecule has 0 aliphatic heterocycles. The first-order valence-corrected chi connectivity index (χ1v) is 6.02. The third kappa shape index (κ3) is 3.62. The molecule has 0 atom stereocenters. The third-order valence-corrected chi connectivity index (χ3v) is 3.51. The Balaban J connectivity index is 3.04. The second-order valence-corrected chi connectivity index (χ2v) is 5.54. The van der Waals surface area contributed by atoms with Crippen molar-refractivity contribution >= 4 is 11.4 Å². The highest BCUT2D eigenvalue weighted by molar-refractivity contribution is 5.62. The Hall–Kier alpha value is -1.72. The Labute approximate surface area is 111 Å². The van der Waals surface area contributed by atoms with Gasteiger partial charge in [-0.1, -0.05) is 27.7 Å². The molecule has 0 spiro atoms. The van der Waals surface area contributed by atoms with Crippen molar-refractivity contribution in [1.82, 2.24) is 0 Å². The van der Waals surface area contributed by atoms with Crippen molar-refractivity contribution in [2.24, 2.45) is 11.3 Å². The van der Waals surface area contributed by atoms with Crippen LogP contribution < -0.4 is 5.32 Å². The molecule has 4 nitrogen and oxygen atoms in total. The summed E-state index contributed by atoms with van der Waals surface area (Å²) in [4.78, 5) is 9.97. The van der Waals surface area contributed by atoms with Gasteiger partial charge in [-0.3, -0.25) is 10.1 Å². The van der Waals surface area contributed by atoms with E-state index in [9.17, 15) is 18.9 Å². The van der Waals surface area contributed by atoms with E-state index in [0.29, 0.717) is 18.5 Å². The molecule has 0 aliphatic carbocycles. The largest absolute Gasteiger partial charge is 0.379 e. The standard InChI is InChI=1S/C13H18F2N2O2/c1-8(2)13(3,4)7-16-11-6-9(14)5-10(15)12(11)17(18)19/h5-6,8,16H,7H2,1-4H3. The summed E-state index contributed by atoms with van der Waals surface area (Å²) in [5.41, 5.74) is -1.01. The minimum absolute atomic E-state index is 0.128. The zero-order chi connectivity index (χ0) is 14.8. The number of nitrogens with one attached hydrogen (secondary N) is 1. The van der Waals surface area contributed by atoms with Crippen LogP contribution in [0.4, 0.5) is 20.2 Å². The highest BCUT2D eigenvalue weighted by Crippen LogP contribution is 2.31. The molecule has 0 heterocycles. The van der Waals surface area contributed by atoms with Gasteiger partial charge >= 0.3 is 5.69 Å². The van der Waals surface area contributed by atoms with Crippen LogP contribution in [-0.4, -0.2) is 11.5 Å². The molecule has 1 rings (SSSR count). The van der Waals surface area contributed by atoms with Crippen molar-refractivity contribution in [3.8, 4) is 0 Å². The number of nitro benzene ring substituents is 1. The van der Waals surface area contributed by atoms with Crippen LogP contribution in [0.25, 0.3) is 0 Å². The smallest absolute Gasteiger partial charge is 0.327 e. The second kappa shape index (κ2) is 5.50. The van der Waals surface area contributed by atoms with Gasteiger partial charge in [0.05, 0.1) is 4.92 Å². The Morgan fingerprint density at radius 1 is 1.37 bits per heavy atom. The molecule has 1 aromatic carbocycles. The van der Waals surface area contributed by atoms with Crippen molar-refractivity contribution < 1.29 is 13.7 Å². The Kier molecular flexibility index (Phi) is 4.44. The molecule has 0 fully saturated rings. The summed E-state index contributed by atoms with van der Waals surface area (Å²) in [6, 6.07) is 1.45. The lowest BCUT2D eigenvalue weighted by Crippen LogP contribution is -2.28. The first-order chi connectivity index (χ1) is 8.65. The number of benzene rings is 1. The fourth-order valence-corrected chi connectivity index (χ4v) is 1.41. The van der Waals surface area contributed by atoms with E-state index in [-0.39, 0.29) is 11.1 Å². The van der Waals surface area contributed by atoms with Crippen molar-refractivity contribution in [3.05, 3.63) is 33.9 Å². The van der Waals surface area contributed by atoms with Crippen LogP contribution in [0, 0.1) is 33.1 Å². The zero-order valence-corrected chi connectivity index (χ0v) is 11.5. The highest BCUT2D eigenvalue weighted by atomic mass is 19.1. The third-order valence-electron chi connectivity index (χ3n) is 3.51. The van der Waals surface area contributed by atoms with E-state index in [4.69, 9.17) is 0 Å². The first kappa shape index (κ1) is 15.3. The summed E-state index contributed by atoms with van der Waals surface area (Å²) >= 11 is 0. The number of rotatable bonds is 5. The van der Waals surface area contributed by atoms with Crippen molar-refractivity contribution in [3.63, 3.8) is 0 Å². The van der Waals surface area contributed by atoms with Gasteiger partial charge in [0.15, 0.2) is 0 Å². The van der Waals surface area contributed by atoms with Gasteiger partial charge in [-0.2, -0.15) is 4.39 Å². The maximum atomic E-state index is 13.4. The number of nitro groups is 1. The maximum absolute atomic E-state index is 13.4. The van der Waals surface area contributed by atoms with Crippen LogP contribution >= 0.6 is 0 Å². The SMILES string of the molecule is CC(C)C(C)(C)CNc1cc(F)cc(F)c1[N+](=O)[O-]. The summed E-state index contributed by atoms with van der Waals surface area (Å²) in [5.74, 6) is -1.69. The summed E-state index contributed by atoms with van der Waals surface area (Å²) in [7, 11) is 0. The second-order valence-electron chi connectivity index (χ2n) is 5.54. The Bertz CT molecular complexity index is 488. The van der Waals surface area contributed by atoms with Crippen molar-refractivity contribution in [1.29, 1.82) is 0 Å². The van der Waals surface area contributed by atoms with Gasteiger partial charge in [0.2, 0.25) is 5.82 Å². The monoisotopic (exact) mass is 272 g/mol. The number of anilines is 1. The van der Waals surface area contributed by atoms with Gasteiger partial charge in [-0.25, -0.2) is 4.39 Å². The van der Waals surface area contributed by atoms with E-state index in [1.165, 1.54) is 0 Å². The fourth-order valence-electron chi connectivity index (χ4n) is 1.41. The molecular formula is C13H18F2N2O2. The Morgan fingerprint density at radius 3 is 2.42 bits per heavy atom. The van der Waals surface area contributed by atoms with Crippen LogP contribution in [0.5, 0.6) is 0 Å². The van der Waals surface area contributed by atoms with Crippen molar-refractivity contribution in [2.45, 2.75) is 27.7 Å². The highest BCUT2D eigenvalue weighted by Gasteiger charge is 2.26. The van der Waals surface area contributed by atoms with E-state index < -0.39 is 22.2 Å². The molecule has 0 aromatic heterocycles. The van der Waals surface area contributed by atoms with Crippen LogP contribution in [0.1, 0.15) is 27.7 Å². The molecule has 0 radical (unpaired) electrons. The van der Waals surface area contributed by atoms with Crippen LogP contribution in [0.15, 0.2) is 12.1 Å². The lowest BCUT2D eigenvalue weighted by Gasteiger charge is -2.29. The summed E-state index contributed by atoms with van der Waals surface area (Å²) < 4.78 is 26.6. The molecule has 106 valence electrons. The molecule has 0 bridgehead atoms. The molecule has 19 heavy (non-hydrogen) atoms. The maximum Gasteiger partial charge on any atom is 0.327 e. The summed E-state index contributed by atoms with van der Waals surface area (Å²) in [6.07, 6.45) is 0. The lowest BCUT2D eigenvalue weighted by molar-refractivity contribution is -0.386. The van der Waals surface area contributed by atoms with Gasteiger partial charge in [0, 0.05) is 18.7 Å². The predicted molar refractivity (Wildman–Crippen MR) is 70.1 cm³/mol. The Morgan fingerprint density at radius 2 is 1.95 bits per heavy atom. The molecule has 1 aromatic rings. The lowest BCUT2D eigenvalue weighted by atomic mass is 9.81. The first-order valence-electron chi connectivity index (χ1n) is 6.02. The zero-order valence-electron chi connectivity index (χ0n) is 11.5. The van der Waals surface area contributed by atoms with E-state index in [0.717, 1.165) is 6.07 Å². The van der Waals surface area contributed by atoms with Gasteiger partial charge in [0.25, 0.3) is 0 Å². The summed E-state index contributed by atoms with van der Waals surface area (Å²) in [5, 5.41) is 13.6. The fraction of sp³-hybridized carbons (Fsp3) is 0.538. The van der Waals surface area contributed by atoms with Gasteiger partial charge in [0.1, 0.15) is 11.5 Å². The molecule has 0 aliphatic rings. The molecule has 0 unspecified atom stereocenters. The number of hydrogen-bond donors (Lipinski definition) is 1. The van der Waals surface area contributed by atoms with Crippen LogP contribution in [0.2, 0.25) is 0 Å². The molecule has 0 amide bonds. The topological polar surface area (TPSA) is 55.2 Å². The number of halogens is 2. The molecule has 6 heteroatoms. The van der Waals surface area contributed by atoms with E-state index >= 15 is 0 Å². The average Bonchev–Trinajstić information content (AvgIpc) is 2.24. The predicted octanol–water partition coefficient (Wildman–Crippen LogP) is 3.97. The van der Waals surface area contributed by atoms with E-state index in [1.54, 1.807) is 0 Å². The average molecular weight is 272 g/mol. The minimum atomic E-state index is -1.17. The quantitative estimate of drug-likeness (QED) is 0.652. The van der Waals surface area contributed by atoms with E-state index in [2.05, 4.69) is 5.32 Å². The number of hydrogen-bond acceptors (Lipinski definition) is 3. The normalized spacial score (nSPS) is 11.7. The van der Waals surface area contributed by atoms with Gasteiger partial charge < -0.3 is 5.32 Å². The van der Waals surface area contributed by atoms with Crippen LogP contribution in [-0.2, 0) is 0 Å². The van der Waals surface area contributed by atoms with Gasteiger partial charge in [-0.15, -0.1) is 0 Å². The van der Waals surface area contributed by atoms with Crippen molar-refractivity contribution in [2.75, 3.05) is 11.9 Å². The molecule has 0 saturated carbocycles. The minimum Gasteiger partial charge on any atom is -0.379 e.